The zero-order valence-corrected chi connectivity index (χ0v) is 12.3. The van der Waals surface area contributed by atoms with Crippen LogP contribution < -0.4 is 5.32 Å². The number of hydrogen-bond acceptors (Lipinski definition) is 3. The fourth-order valence-corrected chi connectivity index (χ4v) is 3.63. The molecule has 2 aliphatic rings. The van der Waals surface area contributed by atoms with E-state index in [-0.39, 0.29) is 6.04 Å². The molecule has 1 saturated heterocycles. The normalized spacial score (nSPS) is 34.7. The molecular formula is C15H30N2O. The molecule has 1 heterocycles. The Kier molecular flexibility index (Phi) is 4.68. The summed E-state index contributed by atoms with van der Waals surface area (Å²) in [5, 5.41) is 14.2. The van der Waals surface area contributed by atoms with Crippen molar-refractivity contribution in [2.45, 2.75) is 70.6 Å². The molecule has 3 heteroatoms. The first-order valence-corrected chi connectivity index (χ1v) is 7.69. The molecule has 0 aromatic rings. The Balaban J connectivity index is 2.10. The molecule has 2 atom stereocenters. The highest BCUT2D eigenvalue weighted by atomic mass is 16.3. The minimum Gasteiger partial charge on any atom is -0.388 e. The second-order valence-corrected chi connectivity index (χ2v) is 6.86. The van der Waals surface area contributed by atoms with E-state index in [1.54, 1.807) is 0 Å². The molecule has 18 heavy (non-hydrogen) atoms. The molecule has 2 N–H and O–H groups in total. The van der Waals surface area contributed by atoms with E-state index in [9.17, 15) is 5.11 Å². The van der Waals surface area contributed by atoms with Crippen LogP contribution in [-0.4, -0.2) is 47.3 Å². The molecule has 1 saturated carbocycles. The first-order valence-electron chi connectivity index (χ1n) is 7.69. The van der Waals surface area contributed by atoms with E-state index < -0.39 is 5.60 Å². The number of nitrogens with one attached hydrogen (secondary N) is 1. The number of piperidine rings is 1. The van der Waals surface area contributed by atoms with Gasteiger partial charge in [-0.3, -0.25) is 4.90 Å². The second kappa shape index (κ2) is 5.89. The standard InChI is InChI=1S/C15H30N2O/c1-12(2)11-17(13-6-4-5-7-13)14-10-16-9-8-15(14,3)18/h12-14,16,18H,4-11H2,1-3H3. The Labute approximate surface area is 112 Å². The molecule has 0 aromatic heterocycles. The Bertz CT molecular complexity index is 259. The van der Waals surface area contributed by atoms with E-state index in [0.29, 0.717) is 12.0 Å². The summed E-state index contributed by atoms with van der Waals surface area (Å²) in [5.41, 5.74) is -0.525. The third-order valence-electron chi connectivity index (χ3n) is 4.63. The molecule has 2 unspecified atom stereocenters. The summed E-state index contributed by atoms with van der Waals surface area (Å²) in [5.74, 6) is 0.670. The van der Waals surface area contributed by atoms with Crippen LogP contribution in [0.4, 0.5) is 0 Å². The van der Waals surface area contributed by atoms with Crippen LogP contribution in [-0.2, 0) is 0 Å². The van der Waals surface area contributed by atoms with Gasteiger partial charge in [0.2, 0.25) is 0 Å². The number of aliphatic hydroxyl groups is 1. The quantitative estimate of drug-likeness (QED) is 0.805. The third kappa shape index (κ3) is 3.25. The first-order chi connectivity index (χ1) is 8.50. The predicted octanol–water partition coefficient (Wildman–Crippen LogP) is 2.00. The van der Waals surface area contributed by atoms with Gasteiger partial charge in [0, 0.05) is 19.1 Å². The van der Waals surface area contributed by atoms with Crippen LogP contribution in [0.3, 0.4) is 0 Å². The molecule has 0 spiro atoms. The number of hydrogen-bond donors (Lipinski definition) is 2. The van der Waals surface area contributed by atoms with Gasteiger partial charge in [0.25, 0.3) is 0 Å². The van der Waals surface area contributed by atoms with E-state index in [1.165, 1.54) is 25.7 Å². The molecule has 3 nitrogen and oxygen atoms in total. The largest absolute Gasteiger partial charge is 0.388 e. The Morgan fingerprint density at radius 1 is 1.33 bits per heavy atom. The van der Waals surface area contributed by atoms with Gasteiger partial charge in [-0.2, -0.15) is 0 Å². The zero-order valence-electron chi connectivity index (χ0n) is 12.3. The molecule has 2 fully saturated rings. The third-order valence-corrected chi connectivity index (χ3v) is 4.63. The fourth-order valence-electron chi connectivity index (χ4n) is 3.63. The van der Waals surface area contributed by atoms with Crippen LogP contribution >= 0.6 is 0 Å². The van der Waals surface area contributed by atoms with Crippen molar-refractivity contribution in [2.24, 2.45) is 5.92 Å². The molecule has 1 aliphatic carbocycles. The van der Waals surface area contributed by atoms with Crippen molar-refractivity contribution < 1.29 is 5.11 Å². The Morgan fingerprint density at radius 3 is 2.56 bits per heavy atom. The van der Waals surface area contributed by atoms with E-state index in [0.717, 1.165) is 26.1 Å². The van der Waals surface area contributed by atoms with Gasteiger partial charge in [0.15, 0.2) is 0 Å². The molecule has 2 rings (SSSR count). The Hall–Kier alpha value is -0.120. The van der Waals surface area contributed by atoms with Crippen molar-refractivity contribution in [3.8, 4) is 0 Å². The Morgan fingerprint density at radius 2 is 2.00 bits per heavy atom. The average Bonchev–Trinajstić information content (AvgIpc) is 2.79. The van der Waals surface area contributed by atoms with Crippen molar-refractivity contribution in [1.82, 2.24) is 10.2 Å². The lowest BCUT2D eigenvalue weighted by Crippen LogP contribution is -2.62. The first kappa shape index (κ1) is 14.3. The van der Waals surface area contributed by atoms with Crippen molar-refractivity contribution >= 4 is 0 Å². The molecule has 0 aromatic carbocycles. The number of rotatable bonds is 4. The summed E-state index contributed by atoms with van der Waals surface area (Å²) in [4.78, 5) is 2.61. The highest BCUT2D eigenvalue weighted by molar-refractivity contribution is 4.98. The molecule has 1 aliphatic heterocycles. The van der Waals surface area contributed by atoms with Gasteiger partial charge in [-0.05, 0) is 38.6 Å². The zero-order chi connectivity index (χ0) is 13.2. The van der Waals surface area contributed by atoms with Gasteiger partial charge in [-0.25, -0.2) is 0 Å². The van der Waals surface area contributed by atoms with Gasteiger partial charge < -0.3 is 10.4 Å². The van der Waals surface area contributed by atoms with E-state index in [2.05, 4.69) is 24.1 Å². The van der Waals surface area contributed by atoms with Crippen LogP contribution in [0.25, 0.3) is 0 Å². The summed E-state index contributed by atoms with van der Waals surface area (Å²) < 4.78 is 0. The molecule has 0 bridgehead atoms. The maximum absolute atomic E-state index is 10.7. The SMILES string of the molecule is CC(C)CN(C1CCCC1)C1CNCCC1(C)O. The lowest BCUT2D eigenvalue weighted by Gasteiger charge is -2.47. The minimum atomic E-state index is -0.525. The number of nitrogens with zero attached hydrogens (tertiary/aromatic N) is 1. The molecule has 106 valence electrons. The highest BCUT2D eigenvalue weighted by Gasteiger charge is 2.41. The van der Waals surface area contributed by atoms with E-state index >= 15 is 0 Å². The van der Waals surface area contributed by atoms with Crippen molar-refractivity contribution in [3.05, 3.63) is 0 Å². The average molecular weight is 254 g/mol. The van der Waals surface area contributed by atoms with Gasteiger partial charge in [-0.1, -0.05) is 26.7 Å². The lowest BCUT2D eigenvalue weighted by molar-refractivity contribution is -0.0689. The summed E-state index contributed by atoms with van der Waals surface area (Å²) >= 11 is 0. The molecule has 0 radical (unpaired) electrons. The van der Waals surface area contributed by atoms with Crippen molar-refractivity contribution in [1.29, 1.82) is 0 Å². The van der Waals surface area contributed by atoms with Crippen LogP contribution in [0.5, 0.6) is 0 Å². The van der Waals surface area contributed by atoms with Crippen molar-refractivity contribution in [3.63, 3.8) is 0 Å². The van der Waals surface area contributed by atoms with Crippen molar-refractivity contribution in [2.75, 3.05) is 19.6 Å². The molecule has 0 amide bonds. The van der Waals surface area contributed by atoms with Gasteiger partial charge >= 0.3 is 0 Å². The molecular weight excluding hydrogens is 224 g/mol. The van der Waals surface area contributed by atoms with E-state index in [4.69, 9.17) is 0 Å². The minimum absolute atomic E-state index is 0.289. The van der Waals surface area contributed by atoms with E-state index in [1.807, 2.05) is 6.92 Å². The fraction of sp³-hybridized carbons (Fsp3) is 1.00. The maximum Gasteiger partial charge on any atom is 0.0798 e. The van der Waals surface area contributed by atoms with Crippen LogP contribution in [0.15, 0.2) is 0 Å². The van der Waals surface area contributed by atoms with Gasteiger partial charge in [-0.15, -0.1) is 0 Å². The highest BCUT2D eigenvalue weighted by Crippen LogP contribution is 2.31. The lowest BCUT2D eigenvalue weighted by atomic mass is 9.86. The summed E-state index contributed by atoms with van der Waals surface area (Å²) in [7, 11) is 0. The topological polar surface area (TPSA) is 35.5 Å². The second-order valence-electron chi connectivity index (χ2n) is 6.86. The van der Waals surface area contributed by atoms with Crippen LogP contribution in [0, 0.1) is 5.92 Å². The monoisotopic (exact) mass is 254 g/mol. The van der Waals surface area contributed by atoms with Gasteiger partial charge in [0.1, 0.15) is 0 Å². The maximum atomic E-state index is 10.7. The van der Waals surface area contributed by atoms with Crippen LogP contribution in [0.1, 0.15) is 52.9 Å². The summed E-state index contributed by atoms with van der Waals surface area (Å²) in [6.45, 7) is 9.60. The summed E-state index contributed by atoms with van der Waals surface area (Å²) in [6, 6.07) is 0.987. The summed E-state index contributed by atoms with van der Waals surface area (Å²) in [6.07, 6.45) is 6.24. The van der Waals surface area contributed by atoms with Crippen LogP contribution in [0.2, 0.25) is 0 Å². The predicted molar refractivity (Wildman–Crippen MR) is 75.7 cm³/mol. The van der Waals surface area contributed by atoms with Gasteiger partial charge in [0.05, 0.1) is 11.6 Å². The smallest absolute Gasteiger partial charge is 0.0798 e.